The molecule has 1 spiro atoms. The fourth-order valence-electron chi connectivity index (χ4n) is 3.22. The minimum Gasteiger partial charge on any atom is -0.481 e. The summed E-state index contributed by atoms with van der Waals surface area (Å²) in [5, 5.41) is 8.98. The number of carboxylic acid groups (broad SMARTS) is 1. The van der Waals surface area contributed by atoms with Gasteiger partial charge in [-0.05, 0) is 46.0 Å². The second kappa shape index (κ2) is 4.31. The first-order valence-electron chi connectivity index (χ1n) is 6.50. The molecule has 1 N–H and O–H groups in total. The zero-order valence-corrected chi connectivity index (χ0v) is 10.6. The topological polar surface area (TPSA) is 57.6 Å². The van der Waals surface area contributed by atoms with Gasteiger partial charge in [-0.1, -0.05) is 0 Å². The van der Waals surface area contributed by atoms with Crippen LogP contribution in [-0.4, -0.2) is 34.5 Å². The van der Waals surface area contributed by atoms with Crippen LogP contribution in [0.15, 0.2) is 0 Å². The standard InChI is InChI=1S/C13H21NO3/c1-9(2)14-8-7-13(12(14)17)5-3-10(4-6-13)11(15)16/h9-10H,3-8H2,1-2H3,(H,15,16). The minimum atomic E-state index is -0.703. The van der Waals surface area contributed by atoms with Gasteiger partial charge in [-0.25, -0.2) is 0 Å². The van der Waals surface area contributed by atoms with Gasteiger partial charge in [0.05, 0.1) is 11.3 Å². The van der Waals surface area contributed by atoms with E-state index in [0.717, 1.165) is 25.8 Å². The fraction of sp³-hybridized carbons (Fsp3) is 0.846. The van der Waals surface area contributed by atoms with Crippen molar-refractivity contribution in [2.75, 3.05) is 6.54 Å². The van der Waals surface area contributed by atoms with E-state index in [1.54, 1.807) is 0 Å². The van der Waals surface area contributed by atoms with Crippen molar-refractivity contribution >= 4 is 11.9 Å². The highest BCUT2D eigenvalue weighted by Crippen LogP contribution is 2.46. The number of hydrogen-bond acceptors (Lipinski definition) is 2. The molecule has 0 aromatic heterocycles. The van der Waals surface area contributed by atoms with Crippen LogP contribution in [0.1, 0.15) is 46.0 Å². The highest BCUT2D eigenvalue weighted by molar-refractivity contribution is 5.85. The van der Waals surface area contributed by atoms with Gasteiger partial charge in [0.2, 0.25) is 5.91 Å². The molecule has 0 radical (unpaired) electrons. The zero-order valence-electron chi connectivity index (χ0n) is 10.6. The number of hydrogen-bond donors (Lipinski definition) is 1. The largest absolute Gasteiger partial charge is 0.481 e. The Balaban J connectivity index is 2.04. The molecular weight excluding hydrogens is 218 g/mol. The molecule has 0 unspecified atom stereocenters. The Morgan fingerprint density at radius 3 is 2.35 bits per heavy atom. The number of rotatable bonds is 2. The van der Waals surface area contributed by atoms with E-state index >= 15 is 0 Å². The van der Waals surface area contributed by atoms with E-state index in [0.29, 0.717) is 12.8 Å². The van der Waals surface area contributed by atoms with Gasteiger partial charge in [0.25, 0.3) is 0 Å². The molecule has 1 aliphatic heterocycles. The van der Waals surface area contributed by atoms with E-state index in [-0.39, 0.29) is 23.3 Å². The summed E-state index contributed by atoms with van der Waals surface area (Å²) < 4.78 is 0. The molecule has 1 aliphatic carbocycles. The van der Waals surface area contributed by atoms with E-state index in [4.69, 9.17) is 5.11 Å². The SMILES string of the molecule is CC(C)N1CCC2(CCC(C(=O)O)CC2)C1=O. The van der Waals surface area contributed by atoms with Gasteiger partial charge in [0.15, 0.2) is 0 Å². The van der Waals surface area contributed by atoms with Crippen LogP contribution in [-0.2, 0) is 9.59 Å². The monoisotopic (exact) mass is 239 g/mol. The number of nitrogens with zero attached hydrogens (tertiary/aromatic N) is 1. The molecule has 1 amide bonds. The molecule has 17 heavy (non-hydrogen) atoms. The first-order chi connectivity index (χ1) is 7.96. The van der Waals surface area contributed by atoms with Crippen LogP contribution in [0.25, 0.3) is 0 Å². The van der Waals surface area contributed by atoms with Gasteiger partial charge in [-0.15, -0.1) is 0 Å². The predicted octanol–water partition coefficient (Wildman–Crippen LogP) is 1.89. The molecule has 2 rings (SSSR count). The van der Waals surface area contributed by atoms with Crippen LogP contribution in [0.5, 0.6) is 0 Å². The van der Waals surface area contributed by atoms with Crippen LogP contribution < -0.4 is 0 Å². The van der Waals surface area contributed by atoms with Gasteiger partial charge in [0, 0.05) is 12.6 Å². The maximum Gasteiger partial charge on any atom is 0.306 e. The third-order valence-corrected chi connectivity index (χ3v) is 4.46. The van der Waals surface area contributed by atoms with Crippen LogP contribution >= 0.6 is 0 Å². The maximum atomic E-state index is 12.4. The van der Waals surface area contributed by atoms with Crippen molar-refractivity contribution in [1.29, 1.82) is 0 Å². The molecule has 1 heterocycles. The van der Waals surface area contributed by atoms with Gasteiger partial charge >= 0.3 is 5.97 Å². The number of carbonyl (C=O) groups is 2. The third kappa shape index (κ3) is 2.05. The third-order valence-electron chi connectivity index (χ3n) is 4.46. The van der Waals surface area contributed by atoms with E-state index in [1.807, 2.05) is 18.7 Å². The van der Waals surface area contributed by atoms with Crippen molar-refractivity contribution < 1.29 is 14.7 Å². The first kappa shape index (κ1) is 12.4. The normalized spacial score (nSPS) is 33.7. The van der Waals surface area contributed by atoms with Crippen molar-refractivity contribution in [1.82, 2.24) is 4.90 Å². The average molecular weight is 239 g/mol. The molecule has 1 saturated heterocycles. The summed E-state index contributed by atoms with van der Waals surface area (Å²) in [6.45, 7) is 4.92. The molecule has 2 aliphatic rings. The highest BCUT2D eigenvalue weighted by atomic mass is 16.4. The lowest BCUT2D eigenvalue weighted by Gasteiger charge is -2.34. The van der Waals surface area contributed by atoms with Crippen LogP contribution in [0.4, 0.5) is 0 Å². The summed E-state index contributed by atoms with van der Waals surface area (Å²) in [6, 6.07) is 0.263. The molecule has 2 fully saturated rings. The Hall–Kier alpha value is -1.06. The van der Waals surface area contributed by atoms with Gasteiger partial charge in [-0.2, -0.15) is 0 Å². The summed E-state index contributed by atoms with van der Waals surface area (Å²) in [4.78, 5) is 25.2. The second-order valence-corrected chi connectivity index (χ2v) is 5.74. The van der Waals surface area contributed by atoms with Crippen molar-refractivity contribution in [2.45, 2.75) is 52.0 Å². The van der Waals surface area contributed by atoms with Crippen LogP contribution in [0.3, 0.4) is 0 Å². The molecule has 1 saturated carbocycles. The average Bonchev–Trinajstić information content (AvgIpc) is 2.58. The fourth-order valence-corrected chi connectivity index (χ4v) is 3.22. The quantitative estimate of drug-likeness (QED) is 0.800. The number of likely N-dealkylation sites (tertiary alicyclic amines) is 1. The van der Waals surface area contributed by atoms with Crippen LogP contribution in [0.2, 0.25) is 0 Å². The molecule has 96 valence electrons. The summed E-state index contributed by atoms with van der Waals surface area (Å²) >= 11 is 0. The number of carboxylic acids is 1. The zero-order chi connectivity index (χ0) is 12.6. The molecule has 0 aromatic rings. The summed E-state index contributed by atoms with van der Waals surface area (Å²) in [6.07, 6.45) is 3.74. The van der Waals surface area contributed by atoms with Crippen molar-refractivity contribution in [2.24, 2.45) is 11.3 Å². The first-order valence-corrected chi connectivity index (χ1v) is 6.50. The van der Waals surface area contributed by atoms with Crippen molar-refractivity contribution in [3.8, 4) is 0 Å². The van der Waals surface area contributed by atoms with E-state index in [2.05, 4.69) is 0 Å². The lowest BCUT2D eigenvalue weighted by molar-refractivity contribution is -0.147. The Bertz CT molecular complexity index is 330. The van der Waals surface area contributed by atoms with Gasteiger partial charge in [-0.3, -0.25) is 9.59 Å². The molecule has 0 aromatic carbocycles. The predicted molar refractivity (Wildman–Crippen MR) is 63.5 cm³/mol. The molecule has 4 heteroatoms. The Labute approximate surface area is 102 Å². The highest BCUT2D eigenvalue weighted by Gasteiger charge is 2.49. The van der Waals surface area contributed by atoms with Crippen LogP contribution in [0, 0.1) is 11.3 Å². The summed E-state index contributed by atoms with van der Waals surface area (Å²) in [5.74, 6) is -0.677. The number of amides is 1. The Morgan fingerprint density at radius 1 is 1.35 bits per heavy atom. The second-order valence-electron chi connectivity index (χ2n) is 5.74. The Kier molecular flexibility index (Phi) is 3.15. The minimum absolute atomic E-state index is 0.226. The van der Waals surface area contributed by atoms with E-state index in [1.165, 1.54) is 0 Å². The van der Waals surface area contributed by atoms with E-state index < -0.39 is 5.97 Å². The van der Waals surface area contributed by atoms with Gasteiger partial charge in [0.1, 0.15) is 0 Å². The van der Waals surface area contributed by atoms with Crippen molar-refractivity contribution in [3.05, 3.63) is 0 Å². The lowest BCUT2D eigenvalue weighted by atomic mass is 9.69. The van der Waals surface area contributed by atoms with Gasteiger partial charge < -0.3 is 10.0 Å². The number of carbonyl (C=O) groups excluding carboxylic acids is 1. The maximum absolute atomic E-state index is 12.4. The molecule has 0 bridgehead atoms. The molecular formula is C13H21NO3. The molecule has 4 nitrogen and oxygen atoms in total. The van der Waals surface area contributed by atoms with Crippen molar-refractivity contribution in [3.63, 3.8) is 0 Å². The lowest BCUT2D eigenvalue weighted by Crippen LogP contribution is -2.41. The van der Waals surface area contributed by atoms with E-state index in [9.17, 15) is 9.59 Å². The summed E-state index contributed by atoms with van der Waals surface area (Å²) in [7, 11) is 0. The molecule has 0 atom stereocenters. The number of aliphatic carboxylic acids is 1. The summed E-state index contributed by atoms with van der Waals surface area (Å²) in [5.41, 5.74) is -0.226. The smallest absolute Gasteiger partial charge is 0.306 e. The Morgan fingerprint density at radius 2 is 1.94 bits per heavy atom.